The topological polar surface area (TPSA) is 81.7 Å². The van der Waals surface area contributed by atoms with Crippen molar-refractivity contribution in [2.24, 2.45) is 0 Å². The largest absolute Gasteiger partial charge is 0.379 e. The van der Waals surface area contributed by atoms with E-state index < -0.39 is 29.8 Å². The van der Waals surface area contributed by atoms with E-state index in [1.165, 1.54) is 12.1 Å². The number of carbonyl (C=O) groups is 2. The second kappa shape index (κ2) is 14.7. The number of aryl methyl sites for hydroxylation is 1. The molecule has 2 amide bonds. The highest BCUT2D eigenvalue weighted by Crippen LogP contribution is 2.16. The van der Waals surface area contributed by atoms with Crippen LogP contribution in [0.2, 0.25) is 0 Å². The van der Waals surface area contributed by atoms with Crippen molar-refractivity contribution in [3.8, 4) is 0 Å². The predicted octanol–water partition coefficient (Wildman–Crippen LogP) is 4.58. The minimum absolute atomic E-state index is 0.123. The fourth-order valence-electron chi connectivity index (χ4n) is 4.21. The van der Waals surface area contributed by atoms with Gasteiger partial charge in [0.2, 0.25) is 0 Å². The van der Waals surface area contributed by atoms with Crippen LogP contribution in [-0.2, 0) is 6.42 Å². The van der Waals surface area contributed by atoms with Crippen LogP contribution >= 0.6 is 0 Å². The molecule has 0 saturated carbocycles. The summed E-state index contributed by atoms with van der Waals surface area (Å²) >= 11 is 0. The number of nitrogens with one attached hydrogen (secondary N) is 2. The van der Waals surface area contributed by atoms with Gasteiger partial charge in [-0.05, 0) is 80.6 Å². The smallest absolute Gasteiger partial charge is 0.253 e. The van der Waals surface area contributed by atoms with Crippen molar-refractivity contribution >= 4 is 11.8 Å². The standard InChI is InChI=1S/C28H39F2N3O3/c1-5-8-31-26(34)18-25(15-20-13-23(29)17-24(30)14-20)32-27(35)21-11-19(4)12-22(16-21)28(36)33(9-6-2)10-7-3/h11-14,16-17,25-26,31,34H,5-10,15,18H2,1-4H3,(H,32,35)/t25-,26+/m0/s1. The molecule has 36 heavy (non-hydrogen) atoms. The lowest BCUT2D eigenvalue weighted by atomic mass is 10.0. The van der Waals surface area contributed by atoms with Gasteiger partial charge in [-0.25, -0.2) is 8.78 Å². The van der Waals surface area contributed by atoms with Crippen LogP contribution in [0.4, 0.5) is 8.78 Å². The predicted molar refractivity (Wildman–Crippen MR) is 138 cm³/mol. The summed E-state index contributed by atoms with van der Waals surface area (Å²) in [6.45, 7) is 9.68. The van der Waals surface area contributed by atoms with Crippen molar-refractivity contribution in [3.05, 3.63) is 70.3 Å². The molecule has 0 aliphatic rings. The lowest BCUT2D eigenvalue weighted by molar-refractivity contribution is 0.0755. The van der Waals surface area contributed by atoms with E-state index in [4.69, 9.17) is 0 Å². The maximum absolute atomic E-state index is 13.7. The highest BCUT2D eigenvalue weighted by atomic mass is 19.1. The fraction of sp³-hybridized carbons (Fsp3) is 0.500. The van der Waals surface area contributed by atoms with Crippen molar-refractivity contribution < 1.29 is 23.5 Å². The molecule has 0 aliphatic heterocycles. The van der Waals surface area contributed by atoms with E-state index in [1.807, 2.05) is 27.7 Å². The first-order valence-corrected chi connectivity index (χ1v) is 12.7. The monoisotopic (exact) mass is 503 g/mol. The van der Waals surface area contributed by atoms with E-state index in [2.05, 4.69) is 10.6 Å². The van der Waals surface area contributed by atoms with Crippen molar-refractivity contribution in [3.63, 3.8) is 0 Å². The lowest BCUT2D eigenvalue weighted by Crippen LogP contribution is -2.42. The molecule has 0 fully saturated rings. The molecule has 2 aromatic carbocycles. The van der Waals surface area contributed by atoms with Crippen LogP contribution in [0.1, 0.15) is 78.3 Å². The number of hydrogen-bond donors (Lipinski definition) is 3. The van der Waals surface area contributed by atoms with Crippen LogP contribution in [0.3, 0.4) is 0 Å². The average molecular weight is 504 g/mol. The maximum Gasteiger partial charge on any atom is 0.253 e. The van der Waals surface area contributed by atoms with Crippen molar-refractivity contribution in [2.45, 2.75) is 72.1 Å². The zero-order chi connectivity index (χ0) is 26.7. The lowest BCUT2D eigenvalue weighted by Gasteiger charge is -2.24. The van der Waals surface area contributed by atoms with Gasteiger partial charge in [-0.3, -0.25) is 14.9 Å². The van der Waals surface area contributed by atoms with Crippen LogP contribution in [0.5, 0.6) is 0 Å². The third kappa shape index (κ3) is 9.32. The third-order valence-electron chi connectivity index (χ3n) is 5.74. The summed E-state index contributed by atoms with van der Waals surface area (Å²) in [4.78, 5) is 28.1. The number of hydrogen-bond acceptors (Lipinski definition) is 4. The van der Waals surface area contributed by atoms with Gasteiger partial charge in [0.25, 0.3) is 11.8 Å². The van der Waals surface area contributed by atoms with Gasteiger partial charge in [0.05, 0.1) is 0 Å². The average Bonchev–Trinajstić information content (AvgIpc) is 2.81. The summed E-state index contributed by atoms with van der Waals surface area (Å²) in [5, 5.41) is 16.2. The molecule has 6 nitrogen and oxygen atoms in total. The Kier molecular flexibility index (Phi) is 12.0. The van der Waals surface area contributed by atoms with Crippen LogP contribution in [0.25, 0.3) is 0 Å². The molecule has 0 unspecified atom stereocenters. The Bertz CT molecular complexity index is 989. The van der Waals surface area contributed by atoms with Gasteiger partial charge in [0, 0.05) is 42.7 Å². The molecule has 0 aliphatic carbocycles. The third-order valence-corrected chi connectivity index (χ3v) is 5.74. The Morgan fingerprint density at radius 3 is 2.11 bits per heavy atom. The zero-order valence-corrected chi connectivity index (χ0v) is 21.7. The second-order valence-electron chi connectivity index (χ2n) is 9.24. The molecule has 0 saturated heterocycles. The summed E-state index contributed by atoms with van der Waals surface area (Å²) in [6, 6.07) is 7.66. The van der Waals surface area contributed by atoms with Gasteiger partial charge in [-0.2, -0.15) is 0 Å². The Morgan fingerprint density at radius 1 is 0.917 bits per heavy atom. The first-order chi connectivity index (χ1) is 17.2. The number of benzene rings is 2. The normalized spacial score (nSPS) is 12.8. The van der Waals surface area contributed by atoms with Gasteiger partial charge in [-0.15, -0.1) is 0 Å². The van der Waals surface area contributed by atoms with Gasteiger partial charge in [0.1, 0.15) is 17.9 Å². The minimum atomic E-state index is -0.903. The Hall–Kier alpha value is -2.84. The van der Waals surface area contributed by atoms with Crippen LogP contribution in [0, 0.1) is 18.6 Å². The summed E-state index contributed by atoms with van der Waals surface area (Å²) in [6.07, 6.45) is 1.85. The second-order valence-corrected chi connectivity index (χ2v) is 9.24. The minimum Gasteiger partial charge on any atom is -0.379 e. The molecule has 198 valence electrons. The Balaban J connectivity index is 2.27. The number of halogens is 2. The summed E-state index contributed by atoms with van der Waals surface area (Å²) in [5.41, 5.74) is 1.90. The molecule has 2 aromatic rings. The summed E-state index contributed by atoms with van der Waals surface area (Å²) < 4.78 is 27.5. The molecular formula is C28H39F2N3O3. The number of amides is 2. The van der Waals surface area contributed by atoms with E-state index in [0.717, 1.165) is 30.9 Å². The van der Waals surface area contributed by atoms with Crippen LogP contribution < -0.4 is 10.6 Å². The maximum atomic E-state index is 13.7. The van der Waals surface area contributed by atoms with Crippen LogP contribution in [-0.4, -0.2) is 53.7 Å². The fourth-order valence-corrected chi connectivity index (χ4v) is 4.21. The van der Waals surface area contributed by atoms with Crippen molar-refractivity contribution in [1.82, 2.24) is 15.5 Å². The highest BCUT2D eigenvalue weighted by molar-refractivity contribution is 6.00. The number of carbonyl (C=O) groups excluding carboxylic acids is 2. The number of aliphatic hydroxyl groups is 1. The Morgan fingerprint density at radius 2 is 1.53 bits per heavy atom. The van der Waals surface area contributed by atoms with E-state index in [-0.39, 0.29) is 18.7 Å². The molecule has 0 aromatic heterocycles. The van der Waals surface area contributed by atoms with E-state index in [9.17, 15) is 23.5 Å². The summed E-state index contributed by atoms with van der Waals surface area (Å²) in [5.74, 6) is -1.95. The molecular weight excluding hydrogens is 464 g/mol. The quantitative estimate of drug-likeness (QED) is 0.330. The number of rotatable bonds is 14. The van der Waals surface area contributed by atoms with Gasteiger partial charge < -0.3 is 15.3 Å². The molecule has 0 heterocycles. The molecule has 2 atom stereocenters. The van der Waals surface area contributed by atoms with Gasteiger partial charge in [-0.1, -0.05) is 20.8 Å². The first-order valence-electron chi connectivity index (χ1n) is 12.7. The highest BCUT2D eigenvalue weighted by Gasteiger charge is 2.21. The van der Waals surface area contributed by atoms with E-state index in [1.54, 1.807) is 23.1 Å². The summed E-state index contributed by atoms with van der Waals surface area (Å²) in [7, 11) is 0. The number of nitrogens with zero attached hydrogens (tertiary/aromatic N) is 1. The van der Waals surface area contributed by atoms with Crippen molar-refractivity contribution in [2.75, 3.05) is 19.6 Å². The molecule has 2 rings (SSSR count). The van der Waals surface area contributed by atoms with Gasteiger partial charge in [0.15, 0.2) is 0 Å². The Labute approximate surface area is 213 Å². The SMILES string of the molecule is CCCN[C@H](O)C[C@H](Cc1cc(F)cc(F)c1)NC(=O)c1cc(C)cc(C(=O)N(CCC)CCC)c1. The molecule has 8 heteroatoms. The van der Waals surface area contributed by atoms with E-state index >= 15 is 0 Å². The van der Waals surface area contributed by atoms with Crippen LogP contribution in [0.15, 0.2) is 36.4 Å². The number of aliphatic hydroxyl groups excluding tert-OH is 1. The van der Waals surface area contributed by atoms with Gasteiger partial charge >= 0.3 is 0 Å². The molecule has 0 bridgehead atoms. The first kappa shape index (κ1) is 29.4. The zero-order valence-electron chi connectivity index (χ0n) is 21.7. The van der Waals surface area contributed by atoms with Crippen molar-refractivity contribution in [1.29, 1.82) is 0 Å². The van der Waals surface area contributed by atoms with E-state index in [0.29, 0.717) is 36.3 Å². The molecule has 0 spiro atoms. The molecule has 0 radical (unpaired) electrons. The molecule has 3 N–H and O–H groups in total.